The summed E-state index contributed by atoms with van der Waals surface area (Å²) in [6, 6.07) is 6.53. The number of hydrogen-bond donors (Lipinski definition) is 1. The Bertz CT molecular complexity index is 350. The van der Waals surface area contributed by atoms with Gasteiger partial charge in [0.1, 0.15) is 12.3 Å². The van der Waals surface area contributed by atoms with Crippen LogP contribution in [0.1, 0.15) is 13.8 Å². The van der Waals surface area contributed by atoms with Gasteiger partial charge in [-0.25, -0.2) is 0 Å². The lowest BCUT2D eigenvalue weighted by molar-refractivity contribution is -0.115. The summed E-state index contributed by atoms with van der Waals surface area (Å²) in [6.45, 7) is 3.51. The number of anilines is 1. The van der Waals surface area contributed by atoms with Crippen molar-refractivity contribution in [3.63, 3.8) is 0 Å². The Balaban J connectivity index is 2.54. The van der Waals surface area contributed by atoms with Gasteiger partial charge in [-0.3, -0.25) is 0 Å². The number of rotatable bonds is 5. The van der Waals surface area contributed by atoms with Crippen molar-refractivity contribution in [2.75, 3.05) is 18.5 Å². The fourth-order valence-corrected chi connectivity index (χ4v) is 1.16. The van der Waals surface area contributed by atoms with Crippen molar-refractivity contribution in [3.05, 3.63) is 24.3 Å². The summed E-state index contributed by atoms with van der Waals surface area (Å²) in [6.07, 6.45) is -4.21. The van der Waals surface area contributed by atoms with Gasteiger partial charge < -0.3 is 10.1 Å². The molecule has 0 spiro atoms. The molecule has 2 nitrogen and oxygen atoms in total. The zero-order valence-corrected chi connectivity index (χ0v) is 9.84. The van der Waals surface area contributed by atoms with Crippen LogP contribution < -0.4 is 10.1 Å². The van der Waals surface area contributed by atoms with Gasteiger partial charge in [0.15, 0.2) is 0 Å². The van der Waals surface area contributed by atoms with Crippen LogP contribution in [0.25, 0.3) is 0 Å². The topological polar surface area (TPSA) is 21.3 Å². The van der Waals surface area contributed by atoms with Gasteiger partial charge in [-0.05, 0) is 18.1 Å². The Labute approximate surface area is 98.8 Å². The lowest BCUT2D eigenvalue weighted by atomic mass is 10.2. The molecule has 0 saturated carbocycles. The predicted molar refractivity (Wildman–Crippen MR) is 61.3 cm³/mol. The minimum atomic E-state index is -4.21. The molecule has 0 bridgehead atoms. The van der Waals surface area contributed by atoms with E-state index in [4.69, 9.17) is 4.74 Å². The fraction of sp³-hybridized carbons (Fsp3) is 0.500. The van der Waals surface area contributed by atoms with E-state index in [1.165, 1.54) is 0 Å². The van der Waals surface area contributed by atoms with Crippen LogP contribution in [0.15, 0.2) is 24.3 Å². The first-order valence-corrected chi connectivity index (χ1v) is 5.40. The van der Waals surface area contributed by atoms with Crippen LogP contribution in [0, 0.1) is 5.92 Å². The van der Waals surface area contributed by atoms with Gasteiger partial charge in [-0.1, -0.05) is 19.9 Å². The van der Waals surface area contributed by atoms with Gasteiger partial charge >= 0.3 is 6.18 Å². The predicted octanol–water partition coefficient (Wildman–Crippen LogP) is 3.70. The van der Waals surface area contributed by atoms with E-state index in [1.807, 2.05) is 13.8 Å². The molecule has 0 aromatic heterocycles. The van der Waals surface area contributed by atoms with Crippen molar-refractivity contribution in [1.82, 2.24) is 0 Å². The molecule has 0 heterocycles. The third-order valence-electron chi connectivity index (χ3n) is 1.91. The molecule has 1 aromatic carbocycles. The van der Waals surface area contributed by atoms with Crippen LogP contribution in [-0.2, 0) is 0 Å². The summed E-state index contributed by atoms with van der Waals surface area (Å²) < 4.78 is 41.4. The molecule has 0 radical (unpaired) electrons. The van der Waals surface area contributed by atoms with Crippen LogP contribution in [-0.4, -0.2) is 19.3 Å². The first kappa shape index (κ1) is 13.7. The maximum Gasteiger partial charge on any atom is 0.405 e. The maximum absolute atomic E-state index is 12.0. The fourth-order valence-electron chi connectivity index (χ4n) is 1.16. The lowest BCUT2D eigenvalue weighted by Gasteiger charge is -2.12. The molecular formula is C12H16F3NO. The van der Waals surface area contributed by atoms with Gasteiger partial charge in [0.25, 0.3) is 0 Å². The third-order valence-corrected chi connectivity index (χ3v) is 1.91. The van der Waals surface area contributed by atoms with Gasteiger partial charge in [0.05, 0.1) is 6.61 Å². The first-order chi connectivity index (χ1) is 7.87. The molecule has 0 amide bonds. The van der Waals surface area contributed by atoms with Crippen LogP contribution in [0.2, 0.25) is 0 Å². The summed E-state index contributed by atoms with van der Waals surface area (Å²) in [5.74, 6) is 0.952. The Morgan fingerprint density at radius 1 is 1.29 bits per heavy atom. The van der Waals surface area contributed by atoms with Crippen LogP contribution >= 0.6 is 0 Å². The molecule has 0 aliphatic rings. The zero-order chi connectivity index (χ0) is 12.9. The number of nitrogens with one attached hydrogen (secondary N) is 1. The Kier molecular flexibility index (Phi) is 4.66. The van der Waals surface area contributed by atoms with Crippen molar-refractivity contribution >= 4 is 5.69 Å². The highest BCUT2D eigenvalue weighted by molar-refractivity contribution is 5.48. The van der Waals surface area contributed by atoms with Gasteiger partial charge in [0.2, 0.25) is 0 Å². The number of ether oxygens (including phenoxy) is 1. The Hall–Kier alpha value is -1.39. The van der Waals surface area contributed by atoms with E-state index in [0.717, 1.165) is 0 Å². The quantitative estimate of drug-likeness (QED) is 0.856. The highest BCUT2D eigenvalue weighted by Gasteiger charge is 2.26. The second-order valence-electron chi connectivity index (χ2n) is 4.20. The molecule has 0 aliphatic heterocycles. The van der Waals surface area contributed by atoms with E-state index in [0.29, 0.717) is 24.0 Å². The molecule has 0 fully saturated rings. The third kappa shape index (κ3) is 6.04. The van der Waals surface area contributed by atoms with Crippen LogP contribution in [0.4, 0.5) is 18.9 Å². The zero-order valence-electron chi connectivity index (χ0n) is 9.84. The van der Waals surface area contributed by atoms with E-state index in [9.17, 15) is 13.2 Å². The molecule has 17 heavy (non-hydrogen) atoms. The summed E-state index contributed by atoms with van der Waals surface area (Å²) in [5, 5.41) is 2.31. The lowest BCUT2D eigenvalue weighted by Crippen LogP contribution is -2.21. The van der Waals surface area contributed by atoms with Gasteiger partial charge in [-0.2, -0.15) is 13.2 Å². The number of hydrogen-bond acceptors (Lipinski definition) is 2. The normalized spacial score (nSPS) is 11.6. The largest absolute Gasteiger partial charge is 0.493 e. The standard InChI is InChI=1S/C12H16F3NO/c1-9(2)7-17-11-5-3-4-10(6-11)16-8-12(13,14)15/h3-6,9,16H,7-8H2,1-2H3. The van der Waals surface area contributed by atoms with Crippen molar-refractivity contribution in [2.45, 2.75) is 20.0 Å². The molecule has 96 valence electrons. The summed E-state index contributed by atoms with van der Waals surface area (Å²) in [4.78, 5) is 0. The molecule has 5 heteroatoms. The molecule has 1 N–H and O–H groups in total. The highest BCUT2D eigenvalue weighted by Crippen LogP contribution is 2.20. The molecule has 0 unspecified atom stereocenters. The highest BCUT2D eigenvalue weighted by atomic mass is 19.4. The van der Waals surface area contributed by atoms with E-state index in [-0.39, 0.29) is 0 Å². The monoisotopic (exact) mass is 247 g/mol. The summed E-state index contributed by atoms with van der Waals surface area (Å²) in [7, 11) is 0. The summed E-state index contributed by atoms with van der Waals surface area (Å²) >= 11 is 0. The van der Waals surface area contributed by atoms with Crippen molar-refractivity contribution in [3.8, 4) is 5.75 Å². The summed E-state index contributed by atoms with van der Waals surface area (Å²) in [5.41, 5.74) is 0.406. The Morgan fingerprint density at radius 3 is 2.59 bits per heavy atom. The van der Waals surface area contributed by atoms with Crippen molar-refractivity contribution < 1.29 is 17.9 Å². The Morgan fingerprint density at radius 2 is 2.00 bits per heavy atom. The molecule has 1 rings (SSSR count). The van der Waals surface area contributed by atoms with E-state index >= 15 is 0 Å². The average molecular weight is 247 g/mol. The molecule has 0 aliphatic carbocycles. The first-order valence-electron chi connectivity index (χ1n) is 5.40. The molecular weight excluding hydrogens is 231 g/mol. The van der Waals surface area contributed by atoms with E-state index < -0.39 is 12.7 Å². The van der Waals surface area contributed by atoms with Crippen LogP contribution in [0.3, 0.4) is 0 Å². The molecule has 0 saturated heterocycles. The van der Waals surface area contributed by atoms with Crippen LogP contribution in [0.5, 0.6) is 5.75 Å². The second kappa shape index (κ2) is 5.80. The van der Waals surface area contributed by atoms with Gasteiger partial charge in [0, 0.05) is 11.8 Å². The van der Waals surface area contributed by atoms with Gasteiger partial charge in [-0.15, -0.1) is 0 Å². The number of halogens is 3. The maximum atomic E-state index is 12.0. The van der Waals surface area contributed by atoms with E-state index in [1.54, 1.807) is 24.3 Å². The molecule has 1 aromatic rings. The van der Waals surface area contributed by atoms with Crippen molar-refractivity contribution in [1.29, 1.82) is 0 Å². The second-order valence-corrected chi connectivity index (χ2v) is 4.20. The number of benzene rings is 1. The average Bonchev–Trinajstić information content (AvgIpc) is 2.23. The van der Waals surface area contributed by atoms with Crippen molar-refractivity contribution in [2.24, 2.45) is 5.92 Å². The minimum Gasteiger partial charge on any atom is -0.493 e. The number of alkyl halides is 3. The van der Waals surface area contributed by atoms with E-state index in [2.05, 4.69) is 5.32 Å². The minimum absolute atomic E-state index is 0.377. The SMILES string of the molecule is CC(C)COc1cccc(NCC(F)(F)F)c1. The molecule has 0 atom stereocenters. The smallest absolute Gasteiger partial charge is 0.405 e.